The fourth-order valence-corrected chi connectivity index (χ4v) is 1.57. The maximum absolute atomic E-state index is 9.04. The normalized spacial score (nSPS) is 13.4. The average Bonchev–Trinajstić information content (AvgIpc) is 2.62. The highest BCUT2D eigenvalue weighted by Crippen LogP contribution is 2.22. The van der Waals surface area contributed by atoms with Gasteiger partial charge >= 0.3 is 0 Å². The maximum Gasteiger partial charge on any atom is 0.145 e. The number of aliphatic hydroxyl groups is 1. The molecule has 0 aliphatic carbocycles. The molecule has 0 fully saturated rings. The molecule has 0 aliphatic heterocycles. The molecule has 1 N–H and O–H groups in total. The summed E-state index contributed by atoms with van der Waals surface area (Å²) >= 11 is 5.89. The molecule has 0 saturated heterocycles. The van der Waals surface area contributed by atoms with Crippen molar-refractivity contribution in [2.75, 3.05) is 6.61 Å². The van der Waals surface area contributed by atoms with Crippen molar-refractivity contribution in [3.05, 3.63) is 23.7 Å². The third-order valence-corrected chi connectivity index (χ3v) is 2.50. The maximum atomic E-state index is 9.04. The molecule has 1 atom stereocenters. The molecule has 5 heteroatoms. The Balaban J connectivity index is 2.63. The van der Waals surface area contributed by atoms with E-state index in [1.54, 1.807) is 0 Å². The van der Waals surface area contributed by atoms with Crippen LogP contribution in [0.25, 0.3) is 11.0 Å². The summed E-state index contributed by atoms with van der Waals surface area (Å²) in [6.07, 6.45) is 3.28. The minimum Gasteiger partial charge on any atom is -0.394 e. The number of halogens is 1. The molecule has 0 aromatic carbocycles. The third-order valence-electron chi connectivity index (χ3n) is 2.20. The largest absolute Gasteiger partial charge is 0.394 e. The van der Waals surface area contributed by atoms with E-state index in [1.807, 2.05) is 23.8 Å². The first-order valence-electron chi connectivity index (χ1n) is 4.32. The van der Waals surface area contributed by atoms with Crippen LogP contribution in [0.5, 0.6) is 0 Å². The van der Waals surface area contributed by atoms with Gasteiger partial charge in [-0.25, -0.2) is 9.97 Å². The van der Waals surface area contributed by atoms with Crippen molar-refractivity contribution in [2.24, 2.45) is 0 Å². The first-order valence-corrected chi connectivity index (χ1v) is 4.69. The highest BCUT2D eigenvalue weighted by Gasteiger charge is 2.10. The number of aromatic nitrogens is 3. The Kier molecular flexibility index (Phi) is 2.39. The van der Waals surface area contributed by atoms with Gasteiger partial charge in [0.05, 0.1) is 18.0 Å². The van der Waals surface area contributed by atoms with Gasteiger partial charge in [0.25, 0.3) is 0 Å². The monoisotopic (exact) mass is 211 g/mol. The van der Waals surface area contributed by atoms with Crippen molar-refractivity contribution in [3.63, 3.8) is 0 Å². The molecule has 2 aromatic heterocycles. The van der Waals surface area contributed by atoms with Crippen LogP contribution in [0.15, 0.2) is 18.6 Å². The molecule has 14 heavy (non-hydrogen) atoms. The van der Waals surface area contributed by atoms with E-state index >= 15 is 0 Å². The zero-order valence-corrected chi connectivity index (χ0v) is 8.44. The lowest BCUT2D eigenvalue weighted by Gasteiger charge is -2.10. The second-order valence-corrected chi connectivity index (χ2v) is 3.51. The lowest BCUT2D eigenvalue weighted by Crippen LogP contribution is -2.08. The number of fused-ring (bicyclic) bond motifs is 1. The van der Waals surface area contributed by atoms with E-state index in [0.717, 1.165) is 11.0 Å². The Labute approximate surface area is 86.2 Å². The predicted molar refractivity (Wildman–Crippen MR) is 54.3 cm³/mol. The summed E-state index contributed by atoms with van der Waals surface area (Å²) in [5, 5.41) is 10.3. The van der Waals surface area contributed by atoms with Crippen LogP contribution < -0.4 is 0 Å². The predicted octanol–water partition coefficient (Wildman–Crippen LogP) is 1.64. The fraction of sp³-hybridized carbons (Fsp3) is 0.333. The van der Waals surface area contributed by atoms with E-state index in [9.17, 15) is 0 Å². The highest BCUT2D eigenvalue weighted by molar-refractivity contribution is 6.33. The Hall–Kier alpha value is -1.13. The van der Waals surface area contributed by atoms with Crippen molar-refractivity contribution in [1.82, 2.24) is 14.5 Å². The third kappa shape index (κ3) is 1.36. The van der Waals surface area contributed by atoms with Crippen LogP contribution in [0.3, 0.4) is 0 Å². The van der Waals surface area contributed by atoms with Crippen molar-refractivity contribution < 1.29 is 5.11 Å². The molecule has 2 rings (SSSR count). The van der Waals surface area contributed by atoms with Gasteiger partial charge in [0.1, 0.15) is 17.1 Å². The summed E-state index contributed by atoms with van der Waals surface area (Å²) in [5.74, 6) is 0. The Morgan fingerprint density at radius 2 is 2.36 bits per heavy atom. The number of rotatable bonds is 2. The topological polar surface area (TPSA) is 50.9 Å². The molecule has 0 aliphatic rings. The first kappa shape index (κ1) is 9.43. The SMILES string of the molecule is C[C@H](CO)n1ccc2c(Cl)ncnc21. The summed E-state index contributed by atoms with van der Waals surface area (Å²) < 4.78 is 1.88. The number of nitrogens with zero attached hydrogens (tertiary/aromatic N) is 3. The van der Waals surface area contributed by atoms with Crippen LogP contribution in [0.2, 0.25) is 5.15 Å². The molecule has 0 saturated carbocycles. The minimum absolute atomic E-state index is 0.00142. The molecule has 2 aromatic rings. The van der Waals surface area contributed by atoms with Crippen molar-refractivity contribution in [3.8, 4) is 0 Å². The van der Waals surface area contributed by atoms with Gasteiger partial charge in [-0.3, -0.25) is 0 Å². The second-order valence-electron chi connectivity index (χ2n) is 3.16. The molecule has 4 nitrogen and oxygen atoms in total. The standard InChI is InChI=1S/C9H10ClN3O/c1-6(4-14)13-3-2-7-8(10)11-5-12-9(7)13/h2-3,5-6,14H,4H2,1H3/t6-/m1/s1. The van der Waals surface area contributed by atoms with Crippen LogP contribution in [-0.2, 0) is 0 Å². The van der Waals surface area contributed by atoms with Gasteiger partial charge in [0.15, 0.2) is 0 Å². The summed E-state index contributed by atoms with van der Waals surface area (Å²) in [6.45, 7) is 1.99. The van der Waals surface area contributed by atoms with E-state index in [-0.39, 0.29) is 12.6 Å². The highest BCUT2D eigenvalue weighted by atomic mass is 35.5. The Morgan fingerprint density at radius 1 is 1.57 bits per heavy atom. The van der Waals surface area contributed by atoms with Gasteiger partial charge in [-0.05, 0) is 13.0 Å². The van der Waals surface area contributed by atoms with Crippen LogP contribution in [0, 0.1) is 0 Å². The summed E-state index contributed by atoms with van der Waals surface area (Å²) in [5.41, 5.74) is 0.756. The quantitative estimate of drug-likeness (QED) is 0.769. The zero-order valence-electron chi connectivity index (χ0n) is 7.68. The van der Waals surface area contributed by atoms with Gasteiger partial charge in [-0.15, -0.1) is 0 Å². The van der Waals surface area contributed by atoms with E-state index in [1.165, 1.54) is 6.33 Å². The van der Waals surface area contributed by atoms with Crippen LogP contribution in [-0.4, -0.2) is 26.2 Å². The van der Waals surface area contributed by atoms with Gasteiger partial charge in [0, 0.05) is 6.20 Å². The van der Waals surface area contributed by atoms with E-state index < -0.39 is 0 Å². The number of hydrogen-bond acceptors (Lipinski definition) is 3. The molecule has 0 radical (unpaired) electrons. The van der Waals surface area contributed by atoms with Gasteiger partial charge in [-0.2, -0.15) is 0 Å². The molecule has 0 unspecified atom stereocenters. The van der Waals surface area contributed by atoms with Crippen molar-refractivity contribution >= 4 is 22.6 Å². The molecular weight excluding hydrogens is 202 g/mol. The van der Waals surface area contributed by atoms with Crippen molar-refractivity contribution in [2.45, 2.75) is 13.0 Å². The second kappa shape index (κ2) is 3.55. The van der Waals surface area contributed by atoms with Gasteiger partial charge in [0.2, 0.25) is 0 Å². The Morgan fingerprint density at radius 3 is 3.07 bits per heavy atom. The fourth-order valence-electron chi connectivity index (χ4n) is 1.38. The molecule has 0 amide bonds. The van der Waals surface area contributed by atoms with Crippen molar-refractivity contribution in [1.29, 1.82) is 0 Å². The molecule has 0 spiro atoms. The van der Waals surface area contributed by atoms with Crippen LogP contribution >= 0.6 is 11.6 Å². The summed E-state index contributed by atoms with van der Waals surface area (Å²) in [6, 6.07) is 1.85. The summed E-state index contributed by atoms with van der Waals surface area (Å²) in [4.78, 5) is 8.01. The van der Waals surface area contributed by atoms with Gasteiger partial charge in [-0.1, -0.05) is 11.6 Å². The number of aliphatic hydroxyl groups excluding tert-OH is 1. The molecule has 0 bridgehead atoms. The van der Waals surface area contributed by atoms with Crippen LogP contribution in [0.4, 0.5) is 0 Å². The zero-order chi connectivity index (χ0) is 10.1. The average molecular weight is 212 g/mol. The lowest BCUT2D eigenvalue weighted by molar-refractivity contribution is 0.241. The Bertz CT molecular complexity index is 454. The van der Waals surface area contributed by atoms with Gasteiger partial charge < -0.3 is 9.67 Å². The number of hydrogen-bond donors (Lipinski definition) is 1. The molecule has 74 valence electrons. The van der Waals surface area contributed by atoms with E-state index in [0.29, 0.717) is 5.15 Å². The smallest absolute Gasteiger partial charge is 0.145 e. The van der Waals surface area contributed by atoms with Crippen LogP contribution in [0.1, 0.15) is 13.0 Å². The molecular formula is C9H10ClN3O. The lowest BCUT2D eigenvalue weighted by atomic mass is 10.3. The minimum atomic E-state index is -0.00142. The van der Waals surface area contributed by atoms with E-state index in [2.05, 4.69) is 9.97 Å². The first-order chi connectivity index (χ1) is 6.74. The summed E-state index contributed by atoms with van der Waals surface area (Å²) in [7, 11) is 0. The van der Waals surface area contributed by atoms with E-state index in [4.69, 9.17) is 16.7 Å². The molecule has 2 heterocycles.